The molecule has 5 nitrogen and oxygen atoms in total. The van der Waals surface area contributed by atoms with E-state index in [4.69, 9.17) is 14.2 Å². The zero-order valence-electron chi connectivity index (χ0n) is 19.9. The Morgan fingerprint density at radius 2 is 1.67 bits per heavy atom. The zero-order chi connectivity index (χ0) is 24.5. The summed E-state index contributed by atoms with van der Waals surface area (Å²) in [7, 11) is 0. The second-order valence-corrected chi connectivity index (χ2v) is 8.65. The molecule has 0 bridgehead atoms. The molecule has 0 aliphatic carbocycles. The van der Waals surface area contributed by atoms with Gasteiger partial charge in [-0.05, 0) is 29.3 Å². The number of hydrogen-bond acceptors (Lipinski definition) is 5. The van der Waals surface area contributed by atoms with Crippen LogP contribution in [0.5, 0.6) is 5.75 Å². The van der Waals surface area contributed by atoms with Crippen molar-refractivity contribution < 1.29 is 28.1 Å². The number of hydrogen-bond donors (Lipinski definition) is 2. The molecule has 1 aliphatic heterocycles. The molecule has 3 aromatic carbocycles. The molecule has 2 N–H and O–H groups in total. The summed E-state index contributed by atoms with van der Waals surface area (Å²) in [5.41, 5.74) is 2.35. The van der Waals surface area contributed by atoms with E-state index in [-0.39, 0.29) is 36.6 Å². The molecular formula is C28H32ClF2NO4. The number of piperidine rings is 1. The summed E-state index contributed by atoms with van der Waals surface area (Å²) in [4.78, 5) is 0. The first-order chi connectivity index (χ1) is 17.1. The van der Waals surface area contributed by atoms with Crippen LogP contribution in [0.1, 0.15) is 29.0 Å². The van der Waals surface area contributed by atoms with Gasteiger partial charge in [-0.1, -0.05) is 48.5 Å². The second kappa shape index (κ2) is 14.3. The van der Waals surface area contributed by atoms with Gasteiger partial charge < -0.3 is 24.6 Å². The van der Waals surface area contributed by atoms with Crippen LogP contribution in [0.15, 0.2) is 72.8 Å². The van der Waals surface area contributed by atoms with Gasteiger partial charge in [-0.15, -0.1) is 12.4 Å². The van der Waals surface area contributed by atoms with Gasteiger partial charge in [-0.2, -0.15) is 0 Å². The normalized spacial score (nSPS) is 19.5. The van der Waals surface area contributed by atoms with Crippen molar-refractivity contribution in [2.75, 3.05) is 26.3 Å². The van der Waals surface area contributed by atoms with Crippen molar-refractivity contribution in [3.05, 3.63) is 101 Å². The highest BCUT2D eigenvalue weighted by atomic mass is 35.5. The average Bonchev–Trinajstić information content (AvgIpc) is 2.87. The van der Waals surface area contributed by atoms with Gasteiger partial charge in [0.05, 0.1) is 38.6 Å². The zero-order valence-corrected chi connectivity index (χ0v) is 20.8. The third-order valence-corrected chi connectivity index (χ3v) is 6.06. The van der Waals surface area contributed by atoms with E-state index in [0.29, 0.717) is 32.9 Å². The number of ether oxygens (including phenoxy) is 3. The van der Waals surface area contributed by atoms with Gasteiger partial charge in [-0.25, -0.2) is 8.78 Å². The highest BCUT2D eigenvalue weighted by Crippen LogP contribution is 2.30. The molecule has 1 fully saturated rings. The lowest BCUT2D eigenvalue weighted by molar-refractivity contribution is -0.0335. The number of aliphatic hydroxyl groups is 1. The minimum Gasteiger partial charge on any atom is -0.494 e. The third-order valence-electron chi connectivity index (χ3n) is 6.06. The number of rotatable bonds is 11. The Bertz CT molecular complexity index is 1060. The van der Waals surface area contributed by atoms with E-state index < -0.39 is 17.7 Å². The van der Waals surface area contributed by atoms with Gasteiger partial charge in [0.25, 0.3) is 0 Å². The molecule has 0 spiro atoms. The standard InChI is InChI=1S/C28H31F2NO4.ClH/c29-23-10-7-22(25(30)15-23)19-35-27-17-31-16-26(32)28(27)21-8-11-24(12-9-21)34-14-4-13-33-18-20-5-2-1-3-6-20;/h1-3,5-12,15,26-28,31-32H,4,13-14,16-19H2;1H. The Labute approximate surface area is 216 Å². The number of benzene rings is 3. The summed E-state index contributed by atoms with van der Waals surface area (Å²) in [6, 6.07) is 21.1. The summed E-state index contributed by atoms with van der Waals surface area (Å²) in [5.74, 6) is -0.801. The highest BCUT2D eigenvalue weighted by Gasteiger charge is 2.34. The molecule has 3 aromatic rings. The largest absolute Gasteiger partial charge is 0.494 e. The van der Waals surface area contributed by atoms with E-state index in [1.54, 1.807) is 0 Å². The number of halogens is 3. The Morgan fingerprint density at radius 3 is 2.42 bits per heavy atom. The Hall–Kier alpha value is -2.55. The van der Waals surface area contributed by atoms with Gasteiger partial charge in [0.1, 0.15) is 17.4 Å². The quantitative estimate of drug-likeness (QED) is 0.349. The van der Waals surface area contributed by atoms with Crippen molar-refractivity contribution in [1.29, 1.82) is 0 Å². The molecule has 36 heavy (non-hydrogen) atoms. The molecule has 194 valence electrons. The number of β-amino-alcohol motifs (C(OH)–C–C–N with tert-alkyl or cyclic N) is 1. The first-order valence-electron chi connectivity index (χ1n) is 11.9. The molecule has 4 rings (SSSR count). The summed E-state index contributed by atoms with van der Waals surface area (Å²) in [6.45, 7) is 2.70. The fourth-order valence-electron chi connectivity index (χ4n) is 4.21. The van der Waals surface area contributed by atoms with Gasteiger partial charge in [0.15, 0.2) is 0 Å². The van der Waals surface area contributed by atoms with E-state index in [9.17, 15) is 13.9 Å². The first kappa shape index (κ1) is 28.0. The van der Waals surface area contributed by atoms with Crippen LogP contribution in [0.2, 0.25) is 0 Å². The van der Waals surface area contributed by atoms with Crippen LogP contribution in [0.4, 0.5) is 8.78 Å². The van der Waals surface area contributed by atoms with Gasteiger partial charge in [0, 0.05) is 37.1 Å². The maximum atomic E-state index is 14.0. The van der Waals surface area contributed by atoms with E-state index in [0.717, 1.165) is 29.4 Å². The molecule has 3 unspecified atom stereocenters. The lowest BCUT2D eigenvalue weighted by atomic mass is 9.85. The minimum absolute atomic E-state index is 0. The fourth-order valence-corrected chi connectivity index (χ4v) is 4.21. The van der Waals surface area contributed by atoms with Crippen molar-refractivity contribution in [1.82, 2.24) is 5.32 Å². The molecule has 1 heterocycles. The maximum Gasteiger partial charge on any atom is 0.131 e. The molecule has 0 radical (unpaired) electrons. The van der Waals surface area contributed by atoms with E-state index >= 15 is 0 Å². The molecule has 1 aliphatic rings. The van der Waals surface area contributed by atoms with Crippen molar-refractivity contribution in [2.24, 2.45) is 0 Å². The van der Waals surface area contributed by atoms with Crippen LogP contribution in [0, 0.1) is 11.6 Å². The van der Waals surface area contributed by atoms with Crippen molar-refractivity contribution in [2.45, 2.75) is 37.8 Å². The fraction of sp³-hybridized carbons (Fsp3) is 0.357. The molecule has 8 heteroatoms. The number of nitrogens with one attached hydrogen (secondary N) is 1. The van der Waals surface area contributed by atoms with E-state index in [1.807, 2.05) is 54.6 Å². The van der Waals surface area contributed by atoms with Crippen LogP contribution in [-0.4, -0.2) is 43.6 Å². The maximum absolute atomic E-state index is 14.0. The topological polar surface area (TPSA) is 60.0 Å². The Morgan fingerprint density at radius 1 is 0.889 bits per heavy atom. The SMILES string of the molecule is Cl.OC1CNCC(OCc2ccc(F)cc2F)C1c1ccc(OCCCOCc2ccccc2)cc1. The van der Waals surface area contributed by atoms with Crippen molar-refractivity contribution in [3.8, 4) is 5.75 Å². The second-order valence-electron chi connectivity index (χ2n) is 8.65. The van der Waals surface area contributed by atoms with Gasteiger partial charge in [0.2, 0.25) is 0 Å². The van der Waals surface area contributed by atoms with E-state index in [2.05, 4.69) is 5.32 Å². The van der Waals surface area contributed by atoms with Crippen molar-refractivity contribution >= 4 is 12.4 Å². The van der Waals surface area contributed by atoms with Crippen LogP contribution in [0.3, 0.4) is 0 Å². The Balaban J connectivity index is 0.00000361. The predicted molar refractivity (Wildman–Crippen MR) is 136 cm³/mol. The summed E-state index contributed by atoms with van der Waals surface area (Å²) in [5, 5.41) is 13.8. The summed E-state index contributed by atoms with van der Waals surface area (Å²) in [6.07, 6.45) is -0.241. The Kier molecular flexibility index (Phi) is 11.1. The average molecular weight is 520 g/mol. The van der Waals surface area contributed by atoms with Gasteiger partial charge >= 0.3 is 0 Å². The lowest BCUT2D eigenvalue weighted by Gasteiger charge is -2.36. The smallest absolute Gasteiger partial charge is 0.131 e. The monoisotopic (exact) mass is 519 g/mol. The molecule has 0 amide bonds. The minimum atomic E-state index is -0.652. The molecule has 0 saturated carbocycles. The van der Waals surface area contributed by atoms with Crippen LogP contribution in [0.25, 0.3) is 0 Å². The first-order valence-corrected chi connectivity index (χ1v) is 11.9. The highest BCUT2D eigenvalue weighted by molar-refractivity contribution is 5.85. The van der Waals surface area contributed by atoms with Crippen LogP contribution >= 0.6 is 12.4 Å². The molecule has 3 atom stereocenters. The third kappa shape index (κ3) is 7.98. The van der Waals surface area contributed by atoms with Crippen LogP contribution in [-0.2, 0) is 22.7 Å². The number of aliphatic hydroxyl groups excluding tert-OH is 1. The molecular weight excluding hydrogens is 488 g/mol. The van der Waals surface area contributed by atoms with E-state index in [1.165, 1.54) is 12.1 Å². The van der Waals surface area contributed by atoms with Crippen LogP contribution < -0.4 is 10.1 Å². The summed E-state index contributed by atoms with van der Waals surface area (Å²) < 4.78 is 44.6. The van der Waals surface area contributed by atoms with Gasteiger partial charge in [-0.3, -0.25) is 0 Å². The summed E-state index contributed by atoms with van der Waals surface area (Å²) >= 11 is 0. The predicted octanol–water partition coefficient (Wildman–Crippen LogP) is 5.01. The lowest BCUT2D eigenvalue weighted by Crippen LogP contribution is -2.49. The molecule has 0 aromatic heterocycles. The van der Waals surface area contributed by atoms with Crippen molar-refractivity contribution in [3.63, 3.8) is 0 Å². The molecule has 1 saturated heterocycles.